The topological polar surface area (TPSA) is 108 Å². The molecule has 8 nitrogen and oxygen atoms in total. The van der Waals surface area contributed by atoms with E-state index >= 15 is 0 Å². The number of rotatable bonds is 5. The lowest BCUT2D eigenvalue weighted by atomic mass is 10.2. The molecule has 0 saturated carbocycles. The molecule has 1 saturated heterocycles. The van der Waals surface area contributed by atoms with E-state index in [1.807, 2.05) is 11.9 Å². The van der Waals surface area contributed by atoms with Crippen LogP contribution in [-0.4, -0.2) is 49.8 Å². The third kappa shape index (κ3) is 5.08. The fraction of sp³-hybridized carbons (Fsp3) is 0.286. The molecule has 0 aliphatic carbocycles. The summed E-state index contributed by atoms with van der Waals surface area (Å²) < 4.78 is 29.3. The first-order valence-electron chi connectivity index (χ1n) is 9.93. The lowest BCUT2D eigenvalue weighted by molar-refractivity contribution is -0.120. The van der Waals surface area contributed by atoms with E-state index < -0.39 is 21.2 Å². The number of carbonyl (C=O) groups is 2. The molecule has 0 aromatic heterocycles. The number of likely N-dealkylation sites (tertiary alicyclic amines) is 1. The Morgan fingerprint density at radius 1 is 1.31 bits per heavy atom. The molecule has 2 aromatic rings. The van der Waals surface area contributed by atoms with Gasteiger partial charge in [-0.25, -0.2) is 0 Å². The molecule has 2 N–H and O–H groups in total. The highest BCUT2D eigenvalue weighted by molar-refractivity contribution is 8.01. The summed E-state index contributed by atoms with van der Waals surface area (Å²) in [6, 6.07) is 11.1. The normalized spacial score (nSPS) is 19.6. The molecule has 168 valence electrons. The minimum Gasteiger partial charge on any atom is -0.362 e. The molecule has 0 spiro atoms. The number of hydrogen-bond acceptors (Lipinski definition) is 5. The Kier molecular flexibility index (Phi) is 6.45. The molecule has 4 rings (SSSR count). The van der Waals surface area contributed by atoms with Gasteiger partial charge in [0.25, 0.3) is 10.0 Å². The van der Waals surface area contributed by atoms with E-state index in [2.05, 4.69) is 15.0 Å². The molecular formula is C21H21ClN4O4S2. The Balaban J connectivity index is 1.44. The summed E-state index contributed by atoms with van der Waals surface area (Å²) in [4.78, 5) is 27.6. The van der Waals surface area contributed by atoms with Crippen LogP contribution in [0.3, 0.4) is 0 Å². The van der Waals surface area contributed by atoms with Crippen LogP contribution in [0, 0.1) is 0 Å². The number of anilines is 2. The van der Waals surface area contributed by atoms with Gasteiger partial charge in [0.15, 0.2) is 0 Å². The quantitative estimate of drug-likeness (QED) is 0.660. The number of halogens is 1. The zero-order valence-corrected chi connectivity index (χ0v) is 19.6. The molecule has 2 aromatic carbocycles. The highest BCUT2D eigenvalue weighted by atomic mass is 35.5. The van der Waals surface area contributed by atoms with Crippen molar-refractivity contribution in [1.29, 1.82) is 0 Å². The predicted octanol–water partition coefficient (Wildman–Crippen LogP) is 3.59. The van der Waals surface area contributed by atoms with Crippen LogP contribution < -0.4 is 10.6 Å². The van der Waals surface area contributed by atoms with Crippen LogP contribution in [0.4, 0.5) is 11.4 Å². The van der Waals surface area contributed by atoms with Gasteiger partial charge >= 0.3 is 0 Å². The van der Waals surface area contributed by atoms with Crippen LogP contribution in [0.25, 0.3) is 0 Å². The van der Waals surface area contributed by atoms with Gasteiger partial charge in [-0.3, -0.25) is 9.59 Å². The molecule has 2 aliphatic rings. The summed E-state index contributed by atoms with van der Waals surface area (Å²) in [5.74, 6) is -0.152. The lowest BCUT2D eigenvalue weighted by Crippen LogP contribution is -2.32. The average Bonchev–Trinajstić information content (AvgIpc) is 3.12. The number of amides is 2. The summed E-state index contributed by atoms with van der Waals surface area (Å²) >= 11 is 7.24. The number of benzene rings is 2. The average molecular weight is 493 g/mol. The van der Waals surface area contributed by atoms with Gasteiger partial charge in [-0.1, -0.05) is 17.7 Å². The van der Waals surface area contributed by atoms with Crippen molar-refractivity contribution >= 4 is 62.4 Å². The standard InChI is InChI=1S/C21H21ClN4O4S2/c1-26-9-3-6-19(26)25-32(29,30)15-5-2-4-14(11-15)23-20(27)12-18-21(28)24-16-10-13(22)7-8-17(16)31-18/h2,4-5,7-8,10-11,18H,3,6,9,12H2,1H3,(H,23,27)(H,24,28)/b25-19+. The van der Waals surface area contributed by atoms with Gasteiger partial charge in [-0.05, 0) is 42.8 Å². The summed E-state index contributed by atoms with van der Waals surface area (Å²) in [6.45, 7) is 0.773. The van der Waals surface area contributed by atoms with E-state index in [1.54, 1.807) is 30.3 Å². The number of nitrogens with zero attached hydrogens (tertiary/aromatic N) is 2. The van der Waals surface area contributed by atoms with Crippen LogP contribution in [0.5, 0.6) is 0 Å². The maximum atomic E-state index is 12.7. The van der Waals surface area contributed by atoms with Crippen molar-refractivity contribution < 1.29 is 18.0 Å². The lowest BCUT2D eigenvalue weighted by Gasteiger charge is -2.23. The van der Waals surface area contributed by atoms with Gasteiger partial charge in [0, 0.05) is 42.0 Å². The van der Waals surface area contributed by atoms with Crippen molar-refractivity contribution in [3.63, 3.8) is 0 Å². The van der Waals surface area contributed by atoms with Crippen LogP contribution in [0.2, 0.25) is 5.02 Å². The molecule has 2 heterocycles. The zero-order chi connectivity index (χ0) is 22.9. The highest BCUT2D eigenvalue weighted by Crippen LogP contribution is 2.38. The van der Waals surface area contributed by atoms with E-state index in [1.165, 1.54) is 23.9 Å². The summed E-state index contributed by atoms with van der Waals surface area (Å²) in [5, 5.41) is 5.35. The van der Waals surface area contributed by atoms with Crippen LogP contribution >= 0.6 is 23.4 Å². The van der Waals surface area contributed by atoms with E-state index in [9.17, 15) is 18.0 Å². The predicted molar refractivity (Wildman–Crippen MR) is 126 cm³/mol. The fourth-order valence-corrected chi connectivity index (χ4v) is 5.88. The second kappa shape index (κ2) is 9.13. The number of thioether (sulfide) groups is 1. The van der Waals surface area contributed by atoms with Gasteiger partial charge in [-0.15, -0.1) is 16.2 Å². The largest absolute Gasteiger partial charge is 0.362 e. The maximum Gasteiger partial charge on any atom is 0.284 e. The number of hydrogen-bond donors (Lipinski definition) is 2. The second-order valence-electron chi connectivity index (χ2n) is 7.52. The Hall–Kier alpha value is -2.56. The van der Waals surface area contributed by atoms with Crippen LogP contribution in [0.1, 0.15) is 19.3 Å². The summed E-state index contributed by atoms with van der Waals surface area (Å²) in [6.07, 6.45) is 1.41. The highest BCUT2D eigenvalue weighted by Gasteiger charge is 2.29. The monoisotopic (exact) mass is 492 g/mol. The molecule has 1 fully saturated rings. The third-order valence-corrected chi connectivity index (χ3v) is 7.92. The Morgan fingerprint density at radius 2 is 2.12 bits per heavy atom. The zero-order valence-electron chi connectivity index (χ0n) is 17.2. The van der Waals surface area contributed by atoms with Gasteiger partial charge in [0.1, 0.15) is 5.84 Å². The second-order valence-corrected chi connectivity index (χ2v) is 10.8. The Morgan fingerprint density at radius 3 is 2.88 bits per heavy atom. The molecule has 11 heteroatoms. The smallest absolute Gasteiger partial charge is 0.284 e. The van der Waals surface area contributed by atoms with Crippen molar-refractivity contribution in [3.05, 3.63) is 47.5 Å². The molecule has 0 radical (unpaired) electrons. The minimum atomic E-state index is -3.89. The fourth-order valence-electron chi connectivity index (χ4n) is 3.47. The number of carbonyl (C=O) groups excluding carboxylic acids is 2. The minimum absolute atomic E-state index is 0.00121. The van der Waals surface area contributed by atoms with E-state index in [-0.39, 0.29) is 17.2 Å². The first-order valence-corrected chi connectivity index (χ1v) is 12.6. The van der Waals surface area contributed by atoms with E-state index in [0.717, 1.165) is 17.9 Å². The van der Waals surface area contributed by atoms with Gasteiger partial charge in [0.05, 0.1) is 15.8 Å². The SMILES string of the molecule is CN1CCC/C1=N\S(=O)(=O)c1cccc(NC(=O)CC2Sc3ccc(Cl)cc3NC2=O)c1. The van der Waals surface area contributed by atoms with Gasteiger partial charge < -0.3 is 15.5 Å². The molecule has 1 atom stereocenters. The van der Waals surface area contributed by atoms with E-state index in [0.29, 0.717) is 28.7 Å². The van der Waals surface area contributed by atoms with Crippen molar-refractivity contribution in [2.24, 2.45) is 4.40 Å². The van der Waals surface area contributed by atoms with Crippen LogP contribution in [0.15, 0.2) is 56.7 Å². The first-order chi connectivity index (χ1) is 15.2. The Bertz CT molecular complexity index is 1220. The molecular weight excluding hydrogens is 472 g/mol. The number of sulfonamides is 1. The van der Waals surface area contributed by atoms with Crippen molar-refractivity contribution in [2.75, 3.05) is 24.2 Å². The molecule has 2 amide bonds. The molecule has 0 bridgehead atoms. The van der Waals surface area contributed by atoms with E-state index in [4.69, 9.17) is 11.6 Å². The number of nitrogens with one attached hydrogen (secondary N) is 2. The first kappa shape index (κ1) is 22.6. The Labute approximate surface area is 195 Å². The van der Waals surface area contributed by atoms with Gasteiger partial charge in [-0.2, -0.15) is 8.42 Å². The molecule has 2 aliphatic heterocycles. The number of fused-ring (bicyclic) bond motifs is 1. The molecule has 1 unspecified atom stereocenters. The maximum absolute atomic E-state index is 12.7. The summed E-state index contributed by atoms with van der Waals surface area (Å²) in [7, 11) is -2.08. The van der Waals surface area contributed by atoms with Crippen molar-refractivity contribution in [3.8, 4) is 0 Å². The van der Waals surface area contributed by atoms with Crippen molar-refractivity contribution in [1.82, 2.24) is 4.90 Å². The number of amidine groups is 1. The molecule has 32 heavy (non-hydrogen) atoms. The third-order valence-electron chi connectivity index (χ3n) is 5.11. The van der Waals surface area contributed by atoms with Crippen molar-refractivity contribution in [2.45, 2.75) is 34.3 Å². The van der Waals surface area contributed by atoms with Gasteiger partial charge in [0.2, 0.25) is 11.8 Å². The summed E-state index contributed by atoms with van der Waals surface area (Å²) in [5.41, 5.74) is 0.945. The van der Waals surface area contributed by atoms with Crippen LogP contribution in [-0.2, 0) is 19.6 Å².